The van der Waals surface area contributed by atoms with E-state index < -0.39 is 9.84 Å². The Kier molecular flexibility index (Phi) is 6.65. The largest absolute Gasteiger partial charge is 0.360 e. The molecule has 1 aromatic carbocycles. The second-order valence-electron chi connectivity index (χ2n) is 8.70. The fourth-order valence-electron chi connectivity index (χ4n) is 4.34. The van der Waals surface area contributed by atoms with Gasteiger partial charge in [-0.25, -0.2) is 8.42 Å². The molecule has 1 N–H and O–H groups in total. The van der Waals surface area contributed by atoms with E-state index in [1.807, 2.05) is 4.90 Å². The van der Waals surface area contributed by atoms with Crippen molar-refractivity contribution in [2.75, 3.05) is 55.7 Å². The number of amides is 1. The standard InChI is InChI=1S/C21H33N3O3S/c1-17(2)14-24(19-8-13-28(26,27)16-19)21(25)15-22-9-11-23(12-10-22)20-7-5-4-6-18(20)3/h4-7,17,19H,8-16H2,1-3H3/p+1/t19-/m1/s1. The number of piperazine rings is 1. The number of carbonyl (C=O) groups excluding carboxylic acids is 1. The van der Waals surface area contributed by atoms with Gasteiger partial charge in [-0.05, 0) is 30.9 Å². The molecule has 0 aliphatic carbocycles. The van der Waals surface area contributed by atoms with E-state index in [4.69, 9.17) is 0 Å². The fourth-order valence-corrected chi connectivity index (χ4v) is 6.07. The van der Waals surface area contributed by atoms with Crippen LogP contribution in [0, 0.1) is 12.8 Å². The lowest BCUT2D eigenvalue weighted by atomic mass is 10.1. The first kappa shape index (κ1) is 21.1. The van der Waals surface area contributed by atoms with Crippen LogP contribution in [0.1, 0.15) is 25.8 Å². The average Bonchev–Trinajstić information content (AvgIpc) is 3.00. The quantitative estimate of drug-likeness (QED) is 0.739. The minimum Gasteiger partial charge on any atom is -0.360 e. The fraction of sp³-hybridized carbons (Fsp3) is 0.667. The van der Waals surface area contributed by atoms with Crippen molar-refractivity contribution in [3.63, 3.8) is 0 Å². The van der Waals surface area contributed by atoms with E-state index >= 15 is 0 Å². The van der Waals surface area contributed by atoms with Crippen LogP contribution in [0.25, 0.3) is 0 Å². The van der Waals surface area contributed by atoms with Crippen molar-refractivity contribution < 1.29 is 18.1 Å². The van der Waals surface area contributed by atoms with Crippen LogP contribution in [0.5, 0.6) is 0 Å². The van der Waals surface area contributed by atoms with Gasteiger partial charge in [0.2, 0.25) is 0 Å². The minimum absolute atomic E-state index is 0.107. The number of nitrogens with zero attached hydrogens (tertiary/aromatic N) is 2. The van der Waals surface area contributed by atoms with Gasteiger partial charge < -0.3 is 14.7 Å². The van der Waals surface area contributed by atoms with Gasteiger partial charge >= 0.3 is 0 Å². The Morgan fingerprint density at radius 1 is 1.25 bits per heavy atom. The molecule has 2 fully saturated rings. The topological polar surface area (TPSA) is 62.1 Å². The molecule has 7 heteroatoms. The summed E-state index contributed by atoms with van der Waals surface area (Å²) in [6.45, 7) is 11.1. The van der Waals surface area contributed by atoms with E-state index in [0.717, 1.165) is 26.2 Å². The maximum atomic E-state index is 13.0. The Morgan fingerprint density at radius 2 is 1.93 bits per heavy atom. The van der Waals surface area contributed by atoms with E-state index in [9.17, 15) is 13.2 Å². The third-order valence-electron chi connectivity index (χ3n) is 5.86. The highest BCUT2D eigenvalue weighted by atomic mass is 32.2. The van der Waals surface area contributed by atoms with Crippen molar-refractivity contribution in [3.8, 4) is 0 Å². The number of carbonyl (C=O) groups is 1. The summed E-state index contributed by atoms with van der Waals surface area (Å²) in [5.74, 6) is 0.777. The first-order chi connectivity index (χ1) is 13.2. The molecule has 6 nitrogen and oxygen atoms in total. The van der Waals surface area contributed by atoms with Gasteiger partial charge in [-0.2, -0.15) is 0 Å². The Balaban J connectivity index is 1.58. The monoisotopic (exact) mass is 408 g/mol. The number of benzene rings is 1. The number of rotatable bonds is 6. The highest BCUT2D eigenvalue weighted by molar-refractivity contribution is 7.91. The Bertz CT molecular complexity index is 786. The average molecular weight is 409 g/mol. The van der Waals surface area contributed by atoms with E-state index in [2.05, 4.69) is 49.9 Å². The van der Waals surface area contributed by atoms with E-state index in [0.29, 0.717) is 25.4 Å². The lowest BCUT2D eigenvalue weighted by Gasteiger charge is -2.36. The van der Waals surface area contributed by atoms with Crippen LogP contribution in [-0.2, 0) is 14.6 Å². The lowest BCUT2D eigenvalue weighted by Crippen LogP contribution is -3.16. The van der Waals surface area contributed by atoms with Gasteiger partial charge in [0, 0.05) is 18.3 Å². The maximum absolute atomic E-state index is 13.0. The van der Waals surface area contributed by atoms with Crippen LogP contribution in [0.2, 0.25) is 0 Å². The molecule has 2 heterocycles. The van der Waals surface area contributed by atoms with Crippen molar-refractivity contribution in [1.29, 1.82) is 0 Å². The molecule has 3 rings (SSSR count). The number of sulfone groups is 1. The van der Waals surface area contributed by atoms with E-state index in [1.54, 1.807) is 0 Å². The second kappa shape index (κ2) is 8.82. The molecule has 2 saturated heterocycles. The lowest BCUT2D eigenvalue weighted by molar-refractivity contribution is -0.892. The van der Waals surface area contributed by atoms with Crippen LogP contribution < -0.4 is 9.80 Å². The molecule has 1 aromatic rings. The Hall–Kier alpha value is -1.60. The summed E-state index contributed by atoms with van der Waals surface area (Å²) >= 11 is 0. The summed E-state index contributed by atoms with van der Waals surface area (Å²) in [7, 11) is -2.99. The number of quaternary nitrogens is 1. The van der Waals surface area contributed by atoms with Gasteiger partial charge in [0.05, 0.1) is 37.7 Å². The molecule has 0 saturated carbocycles. The van der Waals surface area contributed by atoms with E-state index in [-0.39, 0.29) is 23.5 Å². The van der Waals surface area contributed by atoms with Gasteiger partial charge in [-0.1, -0.05) is 32.0 Å². The van der Waals surface area contributed by atoms with Crippen molar-refractivity contribution >= 4 is 21.4 Å². The van der Waals surface area contributed by atoms with Gasteiger partial charge in [-0.15, -0.1) is 0 Å². The summed E-state index contributed by atoms with van der Waals surface area (Å²) < 4.78 is 23.8. The molecule has 2 aliphatic rings. The Morgan fingerprint density at radius 3 is 2.50 bits per heavy atom. The molecule has 2 aliphatic heterocycles. The predicted molar refractivity (Wildman–Crippen MR) is 113 cm³/mol. The SMILES string of the molecule is Cc1ccccc1N1CC[NH+](CC(=O)N(CC(C)C)[C@@H]2CCS(=O)(=O)C2)CC1. The molecule has 0 bridgehead atoms. The molecule has 0 aromatic heterocycles. The molecule has 0 spiro atoms. The molecule has 1 atom stereocenters. The highest BCUT2D eigenvalue weighted by Crippen LogP contribution is 2.20. The summed E-state index contributed by atoms with van der Waals surface area (Å²) in [5, 5.41) is 0. The van der Waals surface area contributed by atoms with E-state index in [1.165, 1.54) is 16.2 Å². The third-order valence-corrected chi connectivity index (χ3v) is 7.61. The van der Waals surface area contributed by atoms with Crippen molar-refractivity contribution in [1.82, 2.24) is 4.90 Å². The summed E-state index contributed by atoms with van der Waals surface area (Å²) in [6.07, 6.45) is 0.581. The second-order valence-corrected chi connectivity index (χ2v) is 10.9. The van der Waals surface area contributed by atoms with Crippen LogP contribution in [0.3, 0.4) is 0 Å². The molecule has 0 unspecified atom stereocenters. The first-order valence-corrected chi connectivity index (χ1v) is 12.2. The smallest absolute Gasteiger partial charge is 0.278 e. The number of aryl methyl sites for hydroxylation is 1. The Labute approximate surface area is 169 Å². The van der Waals surface area contributed by atoms with Crippen LogP contribution in [-0.4, -0.2) is 76.0 Å². The van der Waals surface area contributed by atoms with Crippen molar-refractivity contribution in [2.24, 2.45) is 5.92 Å². The molecular formula is C21H34N3O3S+. The van der Waals surface area contributed by atoms with Crippen LogP contribution in [0.15, 0.2) is 24.3 Å². The van der Waals surface area contributed by atoms with Crippen LogP contribution >= 0.6 is 0 Å². The molecule has 0 radical (unpaired) electrons. The number of anilines is 1. The van der Waals surface area contributed by atoms with Gasteiger partial charge in [0.25, 0.3) is 5.91 Å². The van der Waals surface area contributed by atoms with Crippen molar-refractivity contribution in [2.45, 2.75) is 33.2 Å². The molecule has 1 amide bonds. The summed E-state index contributed by atoms with van der Waals surface area (Å²) in [6, 6.07) is 8.29. The number of hydrogen-bond acceptors (Lipinski definition) is 4. The van der Waals surface area contributed by atoms with Gasteiger partial charge in [0.15, 0.2) is 16.4 Å². The molecular weight excluding hydrogens is 374 g/mol. The normalized spacial score (nSPS) is 22.6. The number of nitrogens with one attached hydrogen (secondary N) is 1. The number of para-hydroxylation sites is 1. The zero-order valence-electron chi connectivity index (χ0n) is 17.4. The predicted octanol–water partition coefficient (Wildman–Crippen LogP) is 0.372. The van der Waals surface area contributed by atoms with Gasteiger partial charge in [-0.3, -0.25) is 4.79 Å². The molecule has 28 heavy (non-hydrogen) atoms. The first-order valence-electron chi connectivity index (χ1n) is 10.4. The zero-order valence-corrected chi connectivity index (χ0v) is 18.2. The van der Waals surface area contributed by atoms with Crippen LogP contribution in [0.4, 0.5) is 5.69 Å². The maximum Gasteiger partial charge on any atom is 0.278 e. The highest BCUT2D eigenvalue weighted by Gasteiger charge is 2.36. The summed E-state index contributed by atoms with van der Waals surface area (Å²) in [5.41, 5.74) is 2.57. The molecule has 156 valence electrons. The van der Waals surface area contributed by atoms with Crippen molar-refractivity contribution in [3.05, 3.63) is 29.8 Å². The zero-order chi connectivity index (χ0) is 20.3. The number of hydrogen-bond donors (Lipinski definition) is 1. The minimum atomic E-state index is -2.99. The third kappa shape index (κ3) is 5.26. The van der Waals surface area contributed by atoms with Gasteiger partial charge in [0.1, 0.15) is 0 Å². The summed E-state index contributed by atoms with van der Waals surface area (Å²) in [4.78, 5) is 18.6.